The van der Waals surface area contributed by atoms with Gasteiger partial charge in [0.1, 0.15) is 0 Å². The fourth-order valence-electron chi connectivity index (χ4n) is 2.09. The molecule has 0 heterocycles. The molecule has 1 aromatic rings. The van der Waals surface area contributed by atoms with Crippen molar-refractivity contribution in [3.8, 4) is 0 Å². The normalized spacial score (nSPS) is 13.0. The maximum absolute atomic E-state index is 13.7. The molecule has 0 bridgehead atoms. The summed E-state index contributed by atoms with van der Waals surface area (Å²) in [6.45, 7) is 4.00. The zero-order valence-electron chi connectivity index (χ0n) is 11.3. The van der Waals surface area contributed by atoms with Crippen molar-refractivity contribution in [3.05, 3.63) is 35.4 Å². The van der Waals surface area contributed by atoms with Crippen molar-refractivity contribution in [2.45, 2.75) is 25.8 Å². The summed E-state index contributed by atoms with van der Waals surface area (Å²) in [7, 11) is 3.81. The maximum atomic E-state index is 13.7. The van der Waals surface area contributed by atoms with Crippen molar-refractivity contribution in [2.75, 3.05) is 27.2 Å². The first-order valence-corrected chi connectivity index (χ1v) is 6.39. The van der Waals surface area contributed by atoms with Gasteiger partial charge in [-0.1, -0.05) is 19.1 Å². The monoisotopic (exact) mass is 256 g/mol. The van der Waals surface area contributed by atoms with E-state index in [1.54, 1.807) is 19.2 Å². The van der Waals surface area contributed by atoms with Gasteiger partial charge < -0.3 is 10.2 Å². The first-order chi connectivity index (χ1) is 8.60. The molecule has 102 valence electrons. The molecule has 0 fully saturated rings. The Morgan fingerprint density at radius 1 is 1.28 bits per heavy atom. The highest BCUT2D eigenvalue weighted by Crippen LogP contribution is 2.21. The van der Waals surface area contributed by atoms with Crippen molar-refractivity contribution in [2.24, 2.45) is 0 Å². The predicted octanol–water partition coefficient (Wildman–Crippen LogP) is 2.96. The molecule has 0 aliphatic carbocycles. The van der Waals surface area contributed by atoms with E-state index in [4.69, 9.17) is 0 Å². The average molecular weight is 256 g/mol. The molecule has 0 radical (unpaired) electrons. The van der Waals surface area contributed by atoms with Crippen molar-refractivity contribution < 1.29 is 8.78 Å². The van der Waals surface area contributed by atoms with E-state index in [1.807, 2.05) is 7.05 Å². The van der Waals surface area contributed by atoms with Gasteiger partial charge in [-0.2, -0.15) is 0 Å². The Kier molecular flexibility index (Phi) is 6.22. The molecule has 1 rings (SSSR count). The maximum Gasteiger partial charge on any atom is 0.163 e. The zero-order valence-corrected chi connectivity index (χ0v) is 11.3. The van der Waals surface area contributed by atoms with Crippen molar-refractivity contribution in [1.82, 2.24) is 10.2 Å². The smallest absolute Gasteiger partial charge is 0.163 e. The molecule has 1 N–H and O–H groups in total. The van der Waals surface area contributed by atoms with E-state index in [2.05, 4.69) is 17.1 Å². The van der Waals surface area contributed by atoms with E-state index < -0.39 is 11.6 Å². The minimum Gasteiger partial charge on any atom is -0.313 e. The van der Waals surface area contributed by atoms with Crippen LogP contribution in [0.3, 0.4) is 0 Å². The molecule has 0 amide bonds. The van der Waals surface area contributed by atoms with Gasteiger partial charge in [-0.25, -0.2) is 8.78 Å². The van der Waals surface area contributed by atoms with Gasteiger partial charge in [0.05, 0.1) is 0 Å². The number of benzene rings is 1. The van der Waals surface area contributed by atoms with Crippen LogP contribution in [-0.4, -0.2) is 32.1 Å². The Balaban J connectivity index is 2.68. The van der Waals surface area contributed by atoms with Gasteiger partial charge >= 0.3 is 0 Å². The van der Waals surface area contributed by atoms with Gasteiger partial charge in [0.25, 0.3) is 0 Å². The standard InChI is InChI=1S/C14H22F2N2/c1-4-9-18(3)10-8-13(17-2)11-6-5-7-12(15)14(11)16/h5-7,13,17H,4,8-10H2,1-3H3. The molecule has 1 atom stereocenters. The fraction of sp³-hybridized carbons (Fsp3) is 0.571. The number of hydrogen-bond donors (Lipinski definition) is 1. The molecule has 1 unspecified atom stereocenters. The van der Waals surface area contributed by atoms with Gasteiger partial charge in [0, 0.05) is 11.6 Å². The van der Waals surface area contributed by atoms with Crippen LogP contribution in [0.25, 0.3) is 0 Å². The van der Waals surface area contributed by atoms with Gasteiger partial charge in [-0.3, -0.25) is 0 Å². The molecule has 4 heteroatoms. The van der Waals surface area contributed by atoms with Crippen LogP contribution in [0.5, 0.6) is 0 Å². The third kappa shape index (κ3) is 4.03. The summed E-state index contributed by atoms with van der Waals surface area (Å²) in [6, 6.07) is 4.18. The molecule has 0 spiro atoms. The summed E-state index contributed by atoms with van der Waals surface area (Å²) in [4.78, 5) is 2.20. The first-order valence-electron chi connectivity index (χ1n) is 6.39. The average Bonchev–Trinajstić information content (AvgIpc) is 2.35. The van der Waals surface area contributed by atoms with Crippen LogP contribution < -0.4 is 5.32 Å². The topological polar surface area (TPSA) is 15.3 Å². The lowest BCUT2D eigenvalue weighted by molar-refractivity contribution is 0.309. The van der Waals surface area contributed by atoms with E-state index in [-0.39, 0.29) is 6.04 Å². The van der Waals surface area contributed by atoms with E-state index >= 15 is 0 Å². The molecule has 0 saturated carbocycles. The van der Waals surface area contributed by atoms with E-state index in [9.17, 15) is 8.78 Å². The van der Waals surface area contributed by atoms with E-state index in [0.29, 0.717) is 5.56 Å². The summed E-state index contributed by atoms with van der Waals surface area (Å²) in [5.74, 6) is -1.52. The van der Waals surface area contributed by atoms with E-state index in [0.717, 1.165) is 32.0 Å². The number of rotatable bonds is 7. The Labute approximate surface area is 108 Å². The second-order valence-electron chi connectivity index (χ2n) is 4.58. The SMILES string of the molecule is CCCN(C)CCC(NC)c1cccc(F)c1F. The highest BCUT2D eigenvalue weighted by atomic mass is 19.2. The summed E-state index contributed by atoms with van der Waals surface area (Å²) >= 11 is 0. The molecular weight excluding hydrogens is 234 g/mol. The lowest BCUT2D eigenvalue weighted by Gasteiger charge is -2.21. The van der Waals surface area contributed by atoms with Gasteiger partial charge in [0.15, 0.2) is 11.6 Å². The highest BCUT2D eigenvalue weighted by molar-refractivity contribution is 5.22. The second-order valence-corrected chi connectivity index (χ2v) is 4.58. The molecule has 18 heavy (non-hydrogen) atoms. The molecule has 1 aromatic carbocycles. The molecule has 0 aliphatic rings. The molecular formula is C14H22F2N2. The molecule has 0 aromatic heterocycles. The van der Waals surface area contributed by atoms with Crippen LogP contribution in [0, 0.1) is 11.6 Å². The quantitative estimate of drug-likeness (QED) is 0.807. The summed E-state index contributed by atoms with van der Waals surface area (Å²) in [5, 5.41) is 3.05. The zero-order chi connectivity index (χ0) is 13.5. The number of hydrogen-bond acceptors (Lipinski definition) is 2. The Hall–Kier alpha value is -1.00. The first kappa shape index (κ1) is 15.1. The van der Waals surface area contributed by atoms with Crippen LogP contribution >= 0.6 is 0 Å². The van der Waals surface area contributed by atoms with Gasteiger partial charge in [0.2, 0.25) is 0 Å². The fourth-order valence-corrected chi connectivity index (χ4v) is 2.09. The summed E-state index contributed by atoms with van der Waals surface area (Å²) in [6.07, 6.45) is 1.85. The van der Waals surface area contributed by atoms with Gasteiger partial charge in [-0.15, -0.1) is 0 Å². The molecule has 0 saturated heterocycles. The van der Waals surface area contributed by atoms with Crippen LogP contribution in [0.4, 0.5) is 8.78 Å². The largest absolute Gasteiger partial charge is 0.313 e. The Morgan fingerprint density at radius 2 is 2.00 bits per heavy atom. The minimum absolute atomic E-state index is 0.153. The third-order valence-electron chi connectivity index (χ3n) is 3.11. The highest BCUT2D eigenvalue weighted by Gasteiger charge is 2.16. The minimum atomic E-state index is -0.783. The summed E-state index contributed by atoms with van der Waals surface area (Å²) < 4.78 is 26.9. The van der Waals surface area contributed by atoms with Crippen LogP contribution in [0.1, 0.15) is 31.4 Å². The lowest BCUT2D eigenvalue weighted by atomic mass is 10.0. The third-order valence-corrected chi connectivity index (χ3v) is 3.11. The molecule has 2 nitrogen and oxygen atoms in total. The number of halogens is 2. The predicted molar refractivity (Wildman–Crippen MR) is 70.6 cm³/mol. The Morgan fingerprint density at radius 3 is 2.61 bits per heavy atom. The Bertz CT molecular complexity index is 369. The molecule has 0 aliphatic heterocycles. The van der Waals surface area contributed by atoms with Crippen molar-refractivity contribution in [1.29, 1.82) is 0 Å². The number of nitrogens with one attached hydrogen (secondary N) is 1. The van der Waals surface area contributed by atoms with E-state index in [1.165, 1.54) is 0 Å². The van der Waals surface area contributed by atoms with Crippen molar-refractivity contribution in [3.63, 3.8) is 0 Å². The summed E-state index contributed by atoms with van der Waals surface area (Å²) in [5.41, 5.74) is 0.405. The lowest BCUT2D eigenvalue weighted by Crippen LogP contribution is -2.26. The van der Waals surface area contributed by atoms with Crippen LogP contribution in [0.15, 0.2) is 18.2 Å². The van der Waals surface area contributed by atoms with Gasteiger partial charge in [-0.05, 0) is 46.1 Å². The van der Waals surface area contributed by atoms with Crippen molar-refractivity contribution >= 4 is 0 Å². The number of nitrogens with zero attached hydrogens (tertiary/aromatic N) is 1. The van der Waals surface area contributed by atoms with Crippen LogP contribution in [0.2, 0.25) is 0 Å². The van der Waals surface area contributed by atoms with Crippen LogP contribution in [-0.2, 0) is 0 Å². The second kappa shape index (κ2) is 7.44.